The predicted octanol–water partition coefficient (Wildman–Crippen LogP) is 2.34. The zero-order valence-corrected chi connectivity index (χ0v) is 6.89. The summed E-state index contributed by atoms with van der Waals surface area (Å²) in [7, 11) is 0. The van der Waals surface area contributed by atoms with Crippen LogP contribution in [0.25, 0.3) is 0 Å². The smallest absolute Gasteiger partial charge is 0.130 e. The number of hydrogen-bond donors (Lipinski definition) is 1. The second kappa shape index (κ2) is 3.19. The van der Waals surface area contributed by atoms with Crippen LogP contribution < -0.4 is 5.32 Å². The van der Waals surface area contributed by atoms with Crippen molar-refractivity contribution in [3.8, 4) is 0 Å². The molecule has 2 heteroatoms. The van der Waals surface area contributed by atoms with Crippen LogP contribution in [0.2, 0.25) is 0 Å². The summed E-state index contributed by atoms with van der Waals surface area (Å²) in [6, 6.07) is 3.95. The maximum absolute atomic E-state index is 4.15. The van der Waals surface area contributed by atoms with Gasteiger partial charge in [-0.05, 0) is 25.5 Å². The van der Waals surface area contributed by atoms with Crippen molar-refractivity contribution in [2.24, 2.45) is 0 Å². The molecule has 1 heterocycles. The molecule has 0 aromatic carbocycles. The van der Waals surface area contributed by atoms with Crippen molar-refractivity contribution in [1.29, 1.82) is 0 Å². The molecule has 0 saturated carbocycles. The van der Waals surface area contributed by atoms with E-state index in [1.54, 1.807) is 0 Å². The third kappa shape index (κ3) is 2.42. The summed E-state index contributed by atoms with van der Waals surface area (Å²) >= 11 is 0. The Morgan fingerprint density at radius 1 is 1.55 bits per heavy atom. The van der Waals surface area contributed by atoms with E-state index in [1.165, 1.54) is 0 Å². The van der Waals surface area contributed by atoms with Crippen LogP contribution >= 0.6 is 0 Å². The van der Waals surface area contributed by atoms with Gasteiger partial charge in [0.2, 0.25) is 0 Å². The van der Waals surface area contributed by atoms with Gasteiger partial charge in [0.25, 0.3) is 0 Å². The molecule has 0 aliphatic carbocycles. The molecular weight excluding hydrogens is 136 g/mol. The summed E-state index contributed by atoms with van der Waals surface area (Å²) in [5.41, 5.74) is 2.07. The van der Waals surface area contributed by atoms with Crippen LogP contribution in [0.5, 0.6) is 0 Å². The van der Waals surface area contributed by atoms with Gasteiger partial charge in [-0.25, -0.2) is 4.98 Å². The van der Waals surface area contributed by atoms with Crippen molar-refractivity contribution in [2.75, 3.05) is 5.32 Å². The molecule has 58 valence electrons. The van der Waals surface area contributed by atoms with E-state index in [0.717, 1.165) is 17.1 Å². The second-order valence-electron chi connectivity index (χ2n) is 2.63. The normalized spacial score (nSPS) is 9.27. The van der Waals surface area contributed by atoms with Crippen LogP contribution in [-0.4, -0.2) is 4.98 Å². The molecule has 0 saturated heterocycles. The Morgan fingerprint density at radius 3 is 2.73 bits per heavy atom. The molecule has 1 rings (SSSR count). The topological polar surface area (TPSA) is 24.9 Å². The fourth-order valence-corrected chi connectivity index (χ4v) is 0.760. The number of nitrogens with zero attached hydrogens (tertiary/aromatic N) is 1. The van der Waals surface area contributed by atoms with Crippen molar-refractivity contribution in [3.63, 3.8) is 0 Å². The molecule has 1 N–H and O–H groups in total. The Balaban J connectivity index is 2.74. The highest BCUT2D eigenvalue weighted by Gasteiger charge is 1.90. The van der Waals surface area contributed by atoms with Gasteiger partial charge in [-0.3, -0.25) is 0 Å². The van der Waals surface area contributed by atoms with Gasteiger partial charge in [0.15, 0.2) is 0 Å². The van der Waals surface area contributed by atoms with E-state index in [9.17, 15) is 0 Å². The van der Waals surface area contributed by atoms with Gasteiger partial charge >= 0.3 is 0 Å². The molecule has 11 heavy (non-hydrogen) atoms. The summed E-state index contributed by atoms with van der Waals surface area (Å²) in [4.78, 5) is 4.15. The highest BCUT2D eigenvalue weighted by molar-refractivity contribution is 5.40. The van der Waals surface area contributed by atoms with E-state index in [2.05, 4.69) is 16.9 Å². The number of allylic oxidation sites excluding steroid dienone is 1. The molecule has 0 atom stereocenters. The number of rotatable bonds is 2. The Morgan fingerprint density at radius 2 is 2.27 bits per heavy atom. The molecule has 0 radical (unpaired) electrons. The van der Waals surface area contributed by atoms with Crippen molar-refractivity contribution in [2.45, 2.75) is 13.8 Å². The van der Waals surface area contributed by atoms with Crippen LogP contribution in [0.4, 0.5) is 5.82 Å². The number of hydrogen-bond acceptors (Lipinski definition) is 2. The standard InChI is InChI=1S/C9H12N2/c1-7(2)11-9-5-4-8(3)6-10-9/h4-6H,1H2,2-3H3,(H,10,11). The van der Waals surface area contributed by atoms with Gasteiger partial charge in [-0.15, -0.1) is 0 Å². The molecule has 0 bridgehead atoms. The summed E-state index contributed by atoms with van der Waals surface area (Å²) in [5.74, 6) is 0.850. The SMILES string of the molecule is C=C(C)Nc1ccc(C)cn1. The van der Waals surface area contributed by atoms with Crippen LogP contribution in [0.15, 0.2) is 30.6 Å². The average Bonchev–Trinajstić information content (AvgIpc) is 1.93. The first-order chi connectivity index (χ1) is 5.18. The lowest BCUT2D eigenvalue weighted by molar-refractivity contribution is 1.23. The van der Waals surface area contributed by atoms with Gasteiger partial charge in [0.05, 0.1) is 0 Å². The fourth-order valence-electron chi connectivity index (χ4n) is 0.760. The molecule has 0 unspecified atom stereocenters. The number of anilines is 1. The monoisotopic (exact) mass is 148 g/mol. The van der Waals surface area contributed by atoms with E-state index in [-0.39, 0.29) is 0 Å². The maximum Gasteiger partial charge on any atom is 0.130 e. The summed E-state index contributed by atoms with van der Waals surface area (Å²) in [6.07, 6.45) is 1.82. The first kappa shape index (κ1) is 7.79. The summed E-state index contributed by atoms with van der Waals surface area (Å²) in [6.45, 7) is 7.64. The Hall–Kier alpha value is -1.31. The van der Waals surface area contributed by atoms with Crippen LogP contribution in [0, 0.1) is 6.92 Å². The number of aromatic nitrogens is 1. The zero-order chi connectivity index (χ0) is 8.27. The molecule has 0 fully saturated rings. The first-order valence-corrected chi connectivity index (χ1v) is 3.53. The zero-order valence-electron chi connectivity index (χ0n) is 6.89. The van der Waals surface area contributed by atoms with Crippen molar-refractivity contribution >= 4 is 5.82 Å². The minimum absolute atomic E-state index is 0.850. The lowest BCUT2D eigenvalue weighted by atomic mass is 10.3. The molecule has 2 nitrogen and oxygen atoms in total. The highest BCUT2D eigenvalue weighted by atomic mass is 15.0. The van der Waals surface area contributed by atoms with Gasteiger partial charge in [-0.2, -0.15) is 0 Å². The Kier molecular flexibility index (Phi) is 2.26. The van der Waals surface area contributed by atoms with Crippen molar-refractivity contribution < 1.29 is 0 Å². The van der Waals surface area contributed by atoms with Gasteiger partial charge < -0.3 is 5.32 Å². The van der Waals surface area contributed by atoms with Crippen molar-refractivity contribution in [3.05, 3.63) is 36.2 Å². The molecule has 0 aliphatic heterocycles. The Labute approximate surface area is 67.0 Å². The van der Waals surface area contributed by atoms with E-state index in [0.29, 0.717) is 0 Å². The molecule has 0 amide bonds. The highest BCUT2D eigenvalue weighted by Crippen LogP contribution is 2.05. The lowest BCUT2D eigenvalue weighted by Crippen LogP contribution is -1.95. The number of nitrogens with one attached hydrogen (secondary N) is 1. The van der Waals surface area contributed by atoms with Crippen LogP contribution in [-0.2, 0) is 0 Å². The largest absolute Gasteiger partial charge is 0.345 e. The number of aryl methyl sites for hydroxylation is 1. The maximum atomic E-state index is 4.15. The number of pyridine rings is 1. The molecule has 1 aromatic rings. The van der Waals surface area contributed by atoms with Gasteiger partial charge in [0.1, 0.15) is 5.82 Å². The average molecular weight is 148 g/mol. The lowest BCUT2D eigenvalue weighted by Gasteiger charge is -2.02. The van der Waals surface area contributed by atoms with E-state index in [1.807, 2.05) is 32.2 Å². The van der Waals surface area contributed by atoms with Gasteiger partial charge in [-0.1, -0.05) is 12.6 Å². The minimum Gasteiger partial charge on any atom is -0.345 e. The third-order valence-corrected chi connectivity index (χ3v) is 1.25. The first-order valence-electron chi connectivity index (χ1n) is 3.53. The summed E-state index contributed by atoms with van der Waals surface area (Å²) in [5, 5.41) is 3.03. The summed E-state index contributed by atoms with van der Waals surface area (Å²) < 4.78 is 0. The predicted molar refractivity (Wildman–Crippen MR) is 47.4 cm³/mol. The van der Waals surface area contributed by atoms with E-state index in [4.69, 9.17) is 0 Å². The molecular formula is C9H12N2. The quantitative estimate of drug-likeness (QED) is 0.696. The van der Waals surface area contributed by atoms with Crippen LogP contribution in [0.3, 0.4) is 0 Å². The molecule has 0 spiro atoms. The van der Waals surface area contributed by atoms with E-state index >= 15 is 0 Å². The Bertz CT molecular complexity index is 249. The molecule has 1 aromatic heterocycles. The van der Waals surface area contributed by atoms with Gasteiger partial charge in [0, 0.05) is 11.9 Å². The van der Waals surface area contributed by atoms with E-state index < -0.39 is 0 Å². The minimum atomic E-state index is 0.850. The van der Waals surface area contributed by atoms with Crippen molar-refractivity contribution in [1.82, 2.24) is 4.98 Å². The third-order valence-electron chi connectivity index (χ3n) is 1.25. The second-order valence-corrected chi connectivity index (χ2v) is 2.63. The molecule has 0 aliphatic rings. The fraction of sp³-hybridized carbons (Fsp3) is 0.222. The van der Waals surface area contributed by atoms with Crippen LogP contribution in [0.1, 0.15) is 12.5 Å².